The number of aromatic nitrogens is 3. The molecule has 2 heterocycles. The van der Waals surface area contributed by atoms with Crippen molar-refractivity contribution < 1.29 is 14.3 Å². The van der Waals surface area contributed by atoms with Crippen molar-refractivity contribution in [2.75, 3.05) is 64.0 Å². The van der Waals surface area contributed by atoms with E-state index in [2.05, 4.69) is 32.0 Å². The molecule has 1 amide bonds. The Kier molecular flexibility index (Phi) is 8.36. The van der Waals surface area contributed by atoms with Crippen molar-refractivity contribution in [1.82, 2.24) is 19.4 Å². The molecule has 10 heteroatoms. The zero-order chi connectivity index (χ0) is 28.1. The van der Waals surface area contributed by atoms with Gasteiger partial charge in [-0.1, -0.05) is 6.58 Å². The second-order valence-corrected chi connectivity index (χ2v) is 9.42. The van der Waals surface area contributed by atoms with Crippen LogP contribution in [0, 0.1) is 0 Å². The van der Waals surface area contributed by atoms with Gasteiger partial charge in [-0.3, -0.25) is 4.79 Å². The lowest BCUT2D eigenvalue weighted by molar-refractivity contribution is -0.111. The van der Waals surface area contributed by atoms with E-state index in [0.29, 0.717) is 23.1 Å². The molecule has 0 aliphatic rings. The lowest BCUT2D eigenvalue weighted by Gasteiger charge is -2.26. The molecule has 39 heavy (non-hydrogen) atoms. The Labute approximate surface area is 228 Å². The summed E-state index contributed by atoms with van der Waals surface area (Å²) in [7, 11) is 11.3. The van der Waals surface area contributed by atoms with E-state index in [0.717, 1.165) is 46.7 Å². The highest BCUT2D eigenvalue weighted by Gasteiger charge is 2.17. The van der Waals surface area contributed by atoms with Gasteiger partial charge in [-0.05, 0) is 44.4 Å². The summed E-state index contributed by atoms with van der Waals surface area (Å²) in [6, 6.07) is 11.6. The maximum absolute atomic E-state index is 12.3. The van der Waals surface area contributed by atoms with Gasteiger partial charge >= 0.3 is 0 Å². The second-order valence-electron chi connectivity index (χ2n) is 9.42. The smallest absolute Gasteiger partial charge is 0.247 e. The van der Waals surface area contributed by atoms with Gasteiger partial charge in [0.2, 0.25) is 11.9 Å². The summed E-state index contributed by atoms with van der Waals surface area (Å²) in [6.45, 7) is 5.18. The van der Waals surface area contributed by atoms with E-state index in [1.54, 1.807) is 20.4 Å². The number of nitrogens with zero attached hydrogens (tertiary/aromatic N) is 5. The normalized spacial score (nSPS) is 10.9. The van der Waals surface area contributed by atoms with Crippen molar-refractivity contribution in [2.24, 2.45) is 7.05 Å². The van der Waals surface area contributed by atoms with Gasteiger partial charge in [0.05, 0.1) is 42.5 Å². The molecule has 204 valence electrons. The highest BCUT2D eigenvalue weighted by molar-refractivity contribution is 6.02. The third kappa shape index (κ3) is 6.12. The lowest BCUT2D eigenvalue weighted by atomic mass is 10.1. The van der Waals surface area contributed by atoms with Crippen molar-refractivity contribution in [3.05, 3.63) is 61.4 Å². The highest BCUT2D eigenvalue weighted by atomic mass is 16.5. The number of likely N-dealkylation sites (N-methyl/N-ethyl adjacent to an activating group) is 2. The monoisotopic (exact) mass is 529 g/mol. The van der Waals surface area contributed by atoms with Crippen molar-refractivity contribution in [3.8, 4) is 22.8 Å². The molecule has 4 rings (SSSR count). The number of hydrogen-bond donors (Lipinski definition) is 2. The Bertz CT molecular complexity index is 1500. The number of amides is 1. The minimum absolute atomic E-state index is 0.306. The maximum Gasteiger partial charge on any atom is 0.247 e. The summed E-state index contributed by atoms with van der Waals surface area (Å²) in [5.41, 5.74) is 4.82. The Morgan fingerprint density at radius 2 is 1.87 bits per heavy atom. The molecule has 4 aromatic rings. The summed E-state index contributed by atoms with van der Waals surface area (Å²) >= 11 is 0. The Hall–Kier alpha value is -4.57. The van der Waals surface area contributed by atoms with Gasteiger partial charge in [-0.15, -0.1) is 0 Å². The van der Waals surface area contributed by atoms with Gasteiger partial charge in [-0.25, -0.2) is 9.97 Å². The number of benzene rings is 2. The Morgan fingerprint density at radius 1 is 1.08 bits per heavy atom. The number of methoxy groups -OCH3 is 2. The number of ether oxygens (including phenoxy) is 2. The SMILES string of the molecule is C=CC(=O)Nc1cc(Nc2nccc(-c3cn(C)c4cc(OC)ccc34)n2)c(OC)cc1N(C)CCN(C)C. The quantitative estimate of drug-likeness (QED) is 0.274. The number of carbonyl (C=O) groups excluding carboxylic acids is 1. The average Bonchev–Trinajstić information content (AvgIpc) is 3.27. The van der Waals surface area contributed by atoms with E-state index in [9.17, 15) is 4.79 Å². The molecule has 2 aromatic carbocycles. The summed E-state index contributed by atoms with van der Waals surface area (Å²) in [6.07, 6.45) is 4.99. The first kappa shape index (κ1) is 27.5. The molecule has 0 radical (unpaired) electrons. The maximum atomic E-state index is 12.3. The number of hydrogen-bond acceptors (Lipinski definition) is 8. The predicted molar refractivity (Wildman–Crippen MR) is 157 cm³/mol. The van der Waals surface area contributed by atoms with Crippen LogP contribution in [-0.2, 0) is 11.8 Å². The molecule has 0 aliphatic carbocycles. The molecule has 0 spiro atoms. The summed E-state index contributed by atoms with van der Waals surface area (Å²) in [4.78, 5) is 25.7. The Balaban J connectivity index is 1.71. The molecule has 0 saturated heterocycles. The largest absolute Gasteiger partial charge is 0.497 e. The molecule has 0 fully saturated rings. The number of rotatable bonds is 11. The first-order valence-electron chi connectivity index (χ1n) is 12.5. The molecule has 0 aliphatic heterocycles. The van der Waals surface area contributed by atoms with Crippen molar-refractivity contribution in [3.63, 3.8) is 0 Å². The average molecular weight is 530 g/mol. The Morgan fingerprint density at radius 3 is 2.56 bits per heavy atom. The van der Waals surface area contributed by atoms with Crippen LogP contribution >= 0.6 is 0 Å². The van der Waals surface area contributed by atoms with Crippen LogP contribution in [0.4, 0.5) is 23.0 Å². The van der Waals surface area contributed by atoms with E-state index in [1.165, 1.54) is 6.08 Å². The van der Waals surface area contributed by atoms with Crippen molar-refractivity contribution >= 4 is 39.8 Å². The first-order valence-corrected chi connectivity index (χ1v) is 12.5. The van der Waals surface area contributed by atoms with Crippen LogP contribution in [-0.4, -0.2) is 73.8 Å². The highest BCUT2D eigenvalue weighted by Crippen LogP contribution is 2.38. The van der Waals surface area contributed by atoms with Crippen LogP contribution < -0.4 is 25.0 Å². The fraction of sp³-hybridized carbons (Fsp3) is 0.276. The third-order valence-corrected chi connectivity index (χ3v) is 6.43. The van der Waals surface area contributed by atoms with E-state index < -0.39 is 0 Å². The van der Waals surface area contributed by atoms with Gasteiger partial charge in [0.25, 0.3) is 0 Å². The number of fused-ring (bicyclic) bond motifs is 1. The van der Waals surface area contributed by atoms with Crippen LogP contribution in [0.2, 0.25) is 0 Å². The number of aryl methyl sites for hydroxylation is 1. The van der Waals surface area contributed by atoms with Crippen molar-refractivity contribution in [1.29, 1.82) is 0 Å². The van der Waals surface area contributed by atoms with Gasteiger partial charge < -0.3 is 34.5 Å². The minimum Gasteiger partial charge on any atom is -0.497 e. The summed E-state index contributed by atoms with van der Waals surface area (Å²) in [5, 5.41) is 7.25. The van der Waals surface area contributed by atoms with E-state index in [4.69, 9.17) is 14.5 Å². The van der Waals surface area contributed by atoms with Gasteiger partial charge in [0, 0.05) is 62.7 Å². The predicted octanol–water partition coefficient (Wildman–Crippen LogP) is 4.52. The zero-order valence-electron chi connectivity index (χ0n) is 23.3. The molecule has 0 unspecified atom stereocenters. The minimum atomic E-state index is -0.306. The van der Waals surface area contributed by atoms with Crippen LogP contribution in [0.15, 0.2) is 61.4 Å². The molecular formula is C29H35N7O3. The molecule has 10 nitrogen and oxygen atoms in total. The molecular weight excluding hydrogens is 494 g/mol. The van der Waals surface area contributed by atoms with Crippen molar-refractivity contribution in [2.45, 2.75) is 0 Å². The van der Waals surface area contributed by atoms with Gasteiger partial charge in [-0.2, -0.15) is 0 Å². The topological polar surface area (TPSA) is 96.8 Å². The molecule has 0 saturated carbocycles. The standard InChI is InChI=1S/C29H35N7O3/c1-8-28(37)31-23-16-24(27(39-7)17-26(23)35(4)14-13-34(2)3)33-29-30-12-11-22(32-29)21-18-36(5)25-15-19(38-6)9-10-20(21)25/h8-12,15-18H,1,13-14H2,2-7H3,(H,31,37)(H,30,32,33). The second kappa shape index (κ2) is 11.9. The van der Waals surface area contributed by atoms with Crippen LogP contribution in [0.1, 0.15) is 0 Å². The molecule has 2 aromatic heterocycles. The number of carbonyl (C=O) groups is 1. The van der Waals surface area contributed by atoms with E-state index in [1.807, 2.05) is 75.4 Å². The molecule has 0 atom stereocenters. The lowest BCUT2D eigenvalue weighted by Crippen LogP contribution is -2.29. The molecule has 0 bridgehead atoms. The van der Waals surface area contributed by atoms with Crippen LogP contribution in [0.3, 0.4) is 0 Å². The van der Waals surface area contributed by atoms with Gasteiger partial charge in [0.15, 0.2) is 0 Å². The molecule has 2 N–H and O–H groups in total. The van der Waals surface area contributed by atoms with E-state index >= 15 is 0 Å². The van der Waals surface area contributed by atoms with Gasteiger partial charge in [0.1, 0.15) is 11.5 Å². The summed E-state index contributed by atoms with van der Waals surface area (Å²) in [5.74, 6) is 1.47. The fourth-order valence-electron chi connectivity index (χ4n) is 4.29. The summed E-state index contributed by atoms with van der Waals surface area (Å²) < 4.78 is 13.2. The van der Waals surface area contributed by atoms with E-state index in [-0.39, 0.29) is 5.91 Å². The zero-order valence-corrected chi connectivity index (χ0v) is 23.3. The third-order valence-electron chi connectivity index (χ3n) is 6.43. The number of nitrogens with one attached hydrogen (secondary N) is 2. The number of anilines is 4. The van der Waals surface area contributed by atoms with Crippen LogP contribution in [0.5, 0.6) is 11.5 Å². The fourth-order valence-corrected chi connectivity index (χ4v) is 4.29. The van der Waals surface area contributed by atoms with Crippen LogP contribution in [0.25, 0.3) is 22.2 Å². The first-order chi connectivity index (χ1) is 18.7.